The normalized spacial score (nSPS) is 12.9. The van der Waals surface area contributed by atoms with Gasteiger partial charge in [-0.1, -0.05) is 6.07 Å². The average molecular weight is 325 g/mol. The summed E-state index contributed by atoms with van der Waals surface area (Å²) in [6.45, 7) is 3.58. The molecule has 2 aromatic rings. The molecule has 0 saturated carbocycles. The van der Waals surface area contributed by atoms with Gasteiger partial charge in [-0.25, -0.2) is 13.6 Å². The summed E-state index contributed by atoms with van der Waals surface area (Å²) in [4.78, 5) is 16.9. The highest BCUT2D eigenvalue weighted by atomic mass is 32.2. The molecule has 1 amide bonds. The first kappa shape index (κ1) is 15.6. The first-order valence-electron chi connectivity index (χ1n) is 6.14. The third kappa shape index (κ3) is 3.66. The van der Waals surface area contributed by atoms with Crippen LogP contribution in [-0.2, 0) is 10.0 Å². The van der Waals surface area contributed by atoms with E-state index in [2.05, 4.69) is 10.3 Å². The third-order valence-corrected chi connectivity index (χ3v) is 5.59. The molecule has 2 rings (SSSR count). The van der Waals surface area contributed by atoms with Crippen molar-refractivity contribution in [3.8, 4) is 0 Å². The van der Waals surface area contributed by atoms with E-state index in [9.17, 15) is 13.2 Å². The van der Waals surface area contributed by atoms with Gasteiger partial charge in [-0.15, -0.1) is 11.3 Å². The Bertz CT molecular complexity index is 768. The molecule has 0 fully saturated rings. The summed E-state index contributed by atoms with van der Waals surface area (Å²) in [7, 11) is -3.71. The molecule has 2 heterocycles. The summed E-state index contributed by atoms with van der Waals surface area (Å²) in [5, 5.41) is 7.86. The zero-order chi connectivity index (χ0) is 15.6. The molecule has 0 radical (unpaired) electrons. The third-order valence-electron chi connectivity index (χ3n) is 2.88. The van der Waals surface area contributed by atoms with Gasteiger partial charge < -0.3 is 5.32 Å². The molecule has 2 aromatic heterocycles. The molecular weight excluding hydrogens is 310 g/mol. The van der Waals surface area contributed by atoms with E-state index in [0.29, 0.717) is 10.6 Å². The van der Waals surface area contributed by atoms with Gasteiger partial charge in [0, 0.05) is 11.1 Å². The molecule has 0 aromatic carbocycles. The molecule has 21 heavy (non-hydrogen) atoms. The maximum Gasteiger partial charge on any atom is 0.270 e. The van der Waals surface area contributed by atoms with Crippen molar-refractivity contribution in [2.24, 2.45) is 5.14 Å². The van der Waals surface area contributed by atoms with Crippen molar-refractivity contribution in [2.75, 3.05) is 0 Å². The molecule has 0 spiro atoms. The minimum atomic E-state index is -3.71. The predicted octanol–water partition coefficient (Wildman–Crippen LogP) is 1.59. The number of primary sulfonamides is 1. The Kier molecular flexibility index (Phi) is 4.40. The van der Waals surface area contributed by atoms with Gasteiger partial charge in [0.05, 0.1) is 6.04 Å². The van der Waals surface area contributed by atoms with Crippen molar-refractivity contribution in [3.05, 3.63) is 46.6 Å². The van der Waals surface area contributed by atoms with Crippen LogP contribution in [0.1, 0.15) is 33.9 Å². The van der Waals surface area contributed by atoms with Gasteiger partial charge in [0.2, 0.25) is 10.0 Å². The number of aromatic nitrogens is 1. The number of rotatable bonds is 4. The van der Waals surface area contributed by atoms with E-state index in [4.69, 9.17) is 5.14 Å². The highest BCUT2D eigenvalue weighted by molar-refractivity contribution is 7.91. The molecule has 0 aliphatic carbocycles. The van der Waals surface area contributed by atoms with Gasteiger partial charge in [0.15, 0.2) is 0 Å². The van der Waals surface area contributed by atoms with E-state index in [1.165, 1.54) is 6.07 Å². The smallest absolute Gasteiger partial charge is 0.270 e. The van der Waals surface area contributed by atoms with Crippen LogP contribution in [0.3, 0.4) is 0 Å². The number of carbonyl (C=O) groups is 1. The molecule has 0 saturated heterocycles. The first-order valence-corrected chi connectivity index (χ1v) is 8.50. The van der Waals surface area contributed by atoms with Gasteiger partial charge in [-0.05, 0) is 37.6 Å². The molecule has 1 atom stereocenters. The van der Waals surface area contributed by atoms with Crippen LogP contribution < -0.4 is 10.5 Å². The van der Waals surface area contributed by atoms with Crippen molar-refractivity contribution in [2.45, 2.75) is 24.1 Å². The lowest BCUT2D eigenvalue weighted by atomic mass is 10.2. The number of hydrogen-bond acceptors (Lipinski definition) is 5. The summed E-state index contributed by atoms with van der Waals surface area (Å²) < 4.78 is 22.6. The second-order valence-electron chi connectivity index (χ2n) is 4.57. The highest BCUT2D eigenvalue weighted by Crippen LogP contribution is 2.25. The Morgan fingerprint density at radius 2 is 2.10 bits per heavy atom. The maximum atomic E-state index is 12.1. The summed E-state index contributed by atoms with van der Waals surface area (Å²) >= 11 is 1.04. The summed E-state index contributed by atoms with van der Waals surface area (Å²) in [6.07, 6.45) is 1.55. The summed E-state index contributed by atoms with van der Waals surface area (Å²) in [5.74, 6) is -0.300. The van der Waals surface area contributed by atoms with Crippen LogP contribution >= 0.6 is 11.3 Å². The van der Waals surface area contributed by atoms with Crippen molar-refractivity contribution < 1.29 is 13.2 Å². The fraction of sp³-hybridized carbons (Fsp3) is 0.231. The van der Waals surface area contributed by atoms with E-state index in [1.807, 2.05) is 0 Å². The lowest BCUT2D eigenvalue weighted by molar-refractivity contribution is 0.0935. The van der Waals surface area contributed by atoms with E-state index < -0.39 is 10.0 Å². The second kappa shape index (κ2) is 5.92. The lowest BCUT2D eigenvalue weighted by Gasteiger charge is -2.12. The minimum Gasteiger partial charge on any atom is -0.343 e. The topological polar surface area (TPSA) is 102 Å². The van der Waals surface area contributed by atoms with Crippen LogP contribution in [0.25, 0.3) is 0 Å². The molecule has 0 bridgehead atoms. The van der Waals surface area contributed by atoms with E-state index in [-0.39, 0.29) is 16.2 Å². The fourth-order valence-corrected chi connectivity index (χ4v) is 3.53. The Balaban J connectivity index is 2.15. The lowest BCUT2D eigenvalue weighted by Crippen LogP contribution is -2.27. The zero-order valence-corrected chi connectivity index (χ0v) is 13.2. The molecule has 112 valence electrons. The van der Waals surface area contributed by atoms with Crippen LogP contribution in [-0.4, -0.2) is 19.3 Å². The molecule has 0 aliphatic rings. The second-order valence-corrected chi connectivity index (χ2v) is 7.47. The van der Waals surface area contributed by atoms with Crippen LogP contribution in [0.5, 0.6) is 0 Å². The summed E-state index contributed by atoms with van der Waals surface area (Å²) in [6, 6.07) is 6.30. The van der Waals surface area contributed by atoms with Crippen molar-refractivity contribution >= 4 is 27.3 Å². The Hall–Kier alpha value is -1.77. The number of amides is 1. The van der Waals surface area contributed by atoms with Gasteiger partial charge in [-0.2, -0.15) is 0 Å². The van der Waals surface area contributed by atoms with E-state index >= 15 is 0 Å². The van der Waals surface area contributed by atoms with E-state index in [1.54, 1.807) is 38.2 Å². The Labute approximate surface area is 127 Å². The maximum absolute atomic E-state index is 12.1. The zero-order valence-electron chi connectivity index (χ0n) is 11.5. The number of nitrogens with two attached hydrogens (primary N) is 1. The monoisotopic (exact) mass is 325 g/mol. The number of aryl methyl sites for hydroxylation is 1. The number of hydrogen-bond donors (Lipinski definition) is 2. The standard InChI is InChI=1S/C13H15N3O3S2/c1-8-4-3-7-15-12(8)13(17)16-9(2)10-5-6-11(20-10)21(14,18)19/h3-7,9H,1-2H3,(H,16,17)(H2,14,18,19). The Morgan fingerprint density at radius 3 is 2.67 bits per heavy atom. The van der Waals surface area contributed by atoms with Crippen LogP contribution in [0.4, 0.5) is 0 Å². The van der Waals surface area contributed by atoms with Crippen LogP contribution in [0.15, 0.2) is 34.7 Å². The molecule has 1 unspecified atom stereocenters. The number of nitrogens with one attached hydrogen (secondary N) is 1. The SMILES string of the molecule is Cc1cccnc1C(=O)NC(C)c1ccc(S(N)(=O)=O)s1. The fourth-order valence-electron chi connectivity index (χ4n) is 1.78. The van der Waals surface area contributed by atoms with Crippen molar-refractivity contribution in [1.29, 1.82) is 0 Å². The average Bonchev–Trinajstić information content (AvgIpc) is 2.88. The Morgan fingerprint density at radius 1 is 1.38 bits per heavy atom. The van der Waals surface area contributed by atoms with E-state index in [0.717, 1.165) is 16.9 Å². The molecule has 3 N–H and O–H groups in total. The number of sulfonamides is 1. The van der Waals surface area contributed by atoms with Crippen LogP contribution in [0.2, 0.25) is 0 Å². The number of thiophene rings is 1. The first-order chi connectivity index (χ1) is 9.79. The largest absolute Gasteiger partial charge is 0.343 e. The predicted molar refractivity (Wildman–Crippen MR) is 80.5 cm³/mol. The molecular formula is C13H15N3O3S2. The van der Waals surface area contributed by atoms with Crippen molar-refractivity contribution in [1.82, 2.24) is 10.3 Å². The van der Waals surface area contributed by atoms with Gasteiger partial charge in [0.1, 0.15) is 9.90 Å². The quantitative estimate of drug-likeness (QED) is 0.891. The van der Waals surface area contributed by atoms with Crippen molar-refractivity contribution in [3.63, 3.8) is 0 Å². The molecule has 6 nitrogen and oxygen atoms in total. The highest BCUT2D eigenvalue weighted by Gasteiger charge is 2.18. The van der Waals surface area contributed by atoms with Gasteiger partial charge >= 0.3 is 0 Å². The van der Waals surface area contributed by atoms with Gasteiger partial charge in [0.25, 0.3) is 5.91 Å². The molecule has 8 heteroatoms. The number of nitrogens with zero attached hydrogens (tertiary/aromatic N) is 1. The molecule has 0 aliphatic heterocycles. The minimum absolute atomic E-state index is 0.0765. The van der Waals surface area contributed by atoms with Crippen LogP contribution in [0, 0.1) is 6.92 Å². The van der Waals surface area contributed by atoms with Gasteiger partial charge in [-0.3, -0.25) is 9.78 Å². The summed E-state index contributed by atoms with van der Waals surface area (Å²) in [5.41, 5.74) is 1.13. The number of pyridine rings is 1. The number of carbonyl (C=O) groups excluding carboxylic acids is 1.